The van der Waals surface area contributed by atoms with Crippen LogP contribution in [0, 0.1) is 0 Å². The van der Waals surface area contributed by atoms with Crippen LogP contribution in [-0.4, -0.2) is 0 Å². The first kappa shape index (κ1) is 12.1. The lowest BCUT2D eigenvalue weighted by atomic mass is 9.84. The first-order chi connectivity index (χ1) is 6.90. The second-order valence-corrected chi connectivity index (χ2v) is 5.17. The van der Waals surface area contributed by atoms with Gasteiger partial charge in [-0.1, -0.05) is 46.8 Å². The van der Waals surface area contributed by atoms with E-state index < -0.39 is 0 Å². The molecule has 1 aromatic rings. The van der Waals surface area contributed by atoms with Gasteiger partial charge in [-0.15, -0.1) is 0 Å². The Morgan fingerprint density at radius 3 is 1.67 bits per heavy atom. The van der Waals surface area contributed by atoms with Gasteiger partial charge in [0, 0.05) is 5.69 Å². The summed E-state index contributed by atoms with van der Waals surface area (Å²) in [7, 11) is 0. The molecule has 0 aliphatic heterocycles. The van der Waals surface area contributed by atoms with Crippen molar-refractivity contribution >= 4 is 5.69 Å². The van der Waals surface area contributed by atoms with E-state index in [9.17, 15) is 0 Å². The van der Waals surface area contributed by atoms with Crippen LogP contribution in [0.15, 0.2) is 12.1 Å². The first-order valence-corrected chi connectivity index (χ1v) is 5.81. The standard InChI is InChI=1S/C14H23N/c1-6-10-8-12(14(3,4)5)9-11(7-2)13(10)15/h8-9H,6-7,15H2,1-5H3. The number of rotatable bonds is 2. The fraction of sp³-hybridized carbons (Fsp3) is 0.571. The molecule has 0 unspecified atom stereocenters. The third kappa shape index (κ3) is 2.53. The summed E-state index contributed by atoms with van der Waals surface area (Å²) in [5.41, 5.74) is 11.3. The number of hydrogen-bond acceptors (Lipinski definition) is 1. The lowest BCUT2D eigenvalue weighted by Crippen LogP contribution is -2.13. The molecule has 0 amide bonds. The summed E-state index contributed by atoms with van der Waals surface area (Å²) in [6.07, 6.45) is 2.03. The number of benzene rings is 1. The van der Waals surface area contributed by atoms with Crippen LogP contribution in [0.25, 0.3) is 0 Å². The Bertz CT molecular complexity index is 320. The largest absolute Gasteiger partial charge is 0.398 e. The van der Waals surface area contributed by atoms with E-state index in [1.54, 1.807) is 0 Å². The predicted octanol–water partition coefficient (Wildman–Crippen LogP) is 3.69. The maximum absolute atomic E-state index is 6.12. The Morgan fingerprint density at radius 1 is 1.00 bits per heavy atom. The van der Waals surface area contributed by atoms with Gasteiger partial charge >= 0.3 is 0 Å². The van der Waals surface area contributed by atoms with Gasteiger partial charge in [0.2, 0.25) is 0 Å². The van der Waals surface area contributed by atoms with Crippen LogP contribution in [0.1, 0.15) is 51.3 Å². The first-order valence-electron chi connectivity index (χ1n) is 5.81. The summed E-state index contributed by atoms with van der Waals surface area (Å²) >= 11 is 0. The minimum atomic E-state index is 0.210. The maximum atomic E-state index is 6.12. The van der Waals surface area contributed by atoms with E-state index >= 15 is 0 Å². The van der Waals surface area contributed by atoms with Gasteiger partial charge in [-0.25, -0.2) is 0 Å². The molecular formula is C14H23N. The molecule has 0 radical (unpaired) electrons. The van der Waals surface area contributed by atoms with Gasteiger partial charge < -0.3 is 5.73 Å². The number of nitrogen functional groups attached to an aromatic ring is 1. The molecule has 0 heterocycles. The molecule has 0 saturated heterocycles. The minimum absolute atomic E-state index is 0.210. The molecule has 84 valence electrons. The zero-order valence-corrected chi connectivity index (χ0v) is 10.6. The highest BCUT2D eigenvalue weighted by molar-refractivity contribution is 5.56. The molecular weight excluding hydrogens is 182 g/mol. The number of hydrogen-bond donors (Lipinski definition) is 1. The minimum Gasteiger partial charge on any atom is -0.398 e. The van der Waals surface area contributed by atoms with Crippen molar-refractivity contribution < 1.29 is 0 Å². The van der Waals surface area contributed by atoms with Gasteiger partial charge in [0.15, 0.2) is 0 Å². The average molecular weight is 205 g/mol. The van der Waals surface area contributed by atoms with E-state index in [4.69, 9.17) is 5.73 Å². The van der Waals surface area contributed by atoms with E-state index in [0.29, 0.717) is 0 Å². The number of anilines is 1. The van der Waals surface area contributed by atoms with Crippen LogP contribution < -0.4 is 5.73 Å². The van der Waals surface area contributed by atoms with E-state index in [-0.39, 0.29) is 5.41 Å². The van der Waals surface area contributed by atoms with E-state index in [1.165, 1.54) is 16.7 Å². The zero-order chi connectivity index (χ0) is 11.6. The molecule has 1 rings (SSSR count). The van der Waals surface area contributed by atoms with E-state index in [0.717, 1.165) is 18.5 Å². The van der Waals surface area contributed by atoms with Crippen molar-refractivity contribution in [3.05, 3.63) is 28.8 Å². The van der Waals surface area contributed by atoms with Gasteiger partial charge in [-0.2, -0.15) is 0 Å². The van der Waals surface area contributed by atoms with Gasteiger partial charge in [-0.05, 0) is 34.9 Å². The molecule has 0 saturated carbocycles. The summed E-state index contributed by atoms with van der Waals surface area (Å²) in [6.45, 7) is 11.1. The molecule has 2 N–H and O–H groups in total. The Morgan fingerprint density at radius 2 is 1.40 bits per heavy atom. The Hall–Kier alpha value is -0.980. The molecule has 0 atom stereocenters. The van der Waals surface area contributed by atoms with Crippen molar-refractivity contribution in [2.75, 3.05) is 5.73 Å². The highest BCUT2D eigenvalue weighted by Gasteiger charge is 2.16. The second-order valence-electron chi connectivity index (χ2n) is 5.17. The highest BCUT2D eigenvalue weighted by Crippen LogP contribution is 2.29. The molecule has 0 bridgehead atoms. The van der Waals surface area contributed by atoms with Crippen LogP contribution in [0.3, 0.4) is 0 Å². The summed E-state index contributed by atoms with van der Waals surface area (Å²) < 4.78 is 0. The molecule has 1 heteroatoms. The summed E-state index contributed by atoms with van der Waals surface area (Å²) in [4.78, 5) is 0. The summed E-state index contributed by atoms with van der Waals surface area (Å²) in [5, 5.41) is 0. The SMILES string of the molecule is CCc1cc(C(C)(C)C)cc(CC)c1N. The van der Waals surface area contributed by atoms with E-state index in [1.807, 2.05) is 0 Å². The zero-order valence-electron chi connectivity index (χ0n) is 10.6. The third-order valence-corrected chi connectivity index (χ3v) is 2.98. The number of aryl methyl sites for hydroxylation is 2. The molecule has 0 aliphatic rings. The normalized spacial score (nSPS) is 11.8. The fourth-order valence-corrected chi connectivity index (χ4v) is 1.80. The van der Waals surface area contributed by atoms with Gasteiger partial charge in [0.25, 0.3) is 0 Å². The van der Waals surface area contributed by atoms with Gasteiger partial charge in [-0.3, -0.25) is 0 Å². The summed E-state index contributed by atoms with van der Waals surface area (Å²) in [5.74, 6) is 0. The maximum Gasteiger partial charge on any atom is 0.0379 e. The van der Waals surface area contributed by atoms with Crippen LogP contribution in [-0.2, 0) is 18.3 Å². The lowest BCUT2D eigenvalue weighted by molar-refractivity contribution is 0.588. The molecule has 1 aromatic carbocycles. The smallest absolute Gasteiger partial charge is 0.0379 e. The lowest BCUT2D eigenvalue weighted by Gasteiger charge is -2.22. The quantitative estimate of drug-likeness (QED) is 0.732. The molecule has 1 nitrogen and oxygen atoms in total. The van der Waals surface area contributed by atoms with Crippen molar-refractivity contribution in [2.24, 2.45) is 0 Å². The van der Waals surface area contributed by atoms with Crippen molar-refractivity contribution in [2.45, 2.75) is 52.9 Å². The molecule has 0 aliphatic carbocycles. The van der Waals surface area contributed by atoms with E-state index in [2.05, 4.69) is 46.8 Å². The Labute approximate surface area is 93.7 Å². The van der Waals surface area contributed by atoms with Crippen LogP contribution >= 0.6 is 0 Å². The van der Waals surface area contributed by atoms with Crippen molar-refractivity contribution in [3.63, 3.8) is 0 Å². The fourth-order valence-electron chi connectivity index (χ4n) is 1.80. The predicted molar refractivity (Wildman–Crippen MR) is 68.3 cm³/mol. The van der Waals surface area contributed by atoms with Crippen molar-refractivity contribution in [1.82, 2.24) is 0 Å². The summed E-state index contributed by atoms with van der Waals surface area (Å²) in [6, 6.07) is 4.52. The molecule has 0 aromatic heterocycles. The van der Waals surface area contributed by atoms with Crippen LogP contribution in [0.2, 0.25) is 0 Å². The van der Waals surface area contributed by atoms with Crippen LogP contribution in [0.5, 0.6) is 0 Å². The van der Waals surface area contributed by atoms with Crippen molar-refractivity contribution in [3.8, 4) is 0 Å². The van der Waals surface area contributed by atoms with Crippen LogP contribution in [0.4, 0.5) is 5.69 Å². The van der Waals surface area contributed by atoms with Crippen molar-refractivity contribution in [1.29, 1.82) is 0 Å². The average Bonchev–Trinajstić information content (AvgIpc) is 2.16. The van der Waals surface area contributed by atoms with Gasteiger partial charge in [0.05, 0.1) is 0 Å². The number of nitrogens with two attached hydrogens (primary N) is 1. The molecule has 15 heavy (non-hydrogen) atoms. The van der Waals surface area contributed by atoms with Gasteiger partial charge in [0.1, 0.15) is 0 Å². The Kier molecular flexibility index (Phi) is 3.43. The topological polar surface area (TPSA) is 26.0 Å². The molecule has 0 spiro atoms. The Balaban J connectivity index is 3.33. The highest BCUT2D eigenvalue weighted by atomic mass is 14.6. The second kappa shape index (κ2) is 4.26. The monoisotopic (exact) mass is 205 g/mol. The third-order valence-electron chi connectivity index (χ3n) is 2.98. The molecule has 0 fully saturated rings.